The highest BCUT2D eigenvalue weighted by Gasteiger charge is 2.27. The lowest BCUT2D eigenvalue weighted by Gasteiger charge is -2.31. The molecule has 2 heterocycles. The van der Waals surface area contributed by atoms with Crippen LogP contribution in [0.15, 0.2) is 65.7 Å². The molecule has 0 spiro atoms. The molecule has 4 rings (SSSR count). The first-order valence-electron chi connectivity index (χ1n) is 10.1. The molecule has 0 saturated carbocycles. The lowest BCUT2D eigenvalue weighted by molar-refractivity contribution is -0.384. The Morgan fingerprint density at radius 1 is 1.06 bits per heavy atom. The van der Waals surface area contributed by atoms with Gasteiger partial charge in [0.05, 0.1) is 15.5 Å². The standard InChI is InChI=1S/C21H22N6O5S/c1-24-11-13-25(14-12-24)33(31,32)19-4-2-3-16(15-19)22-21(28)20-9-10-26(23-20)17-5-7-18(8-6-17)27(29)30/h2-10,15H,11-14H2,1H3,(H,22,28). The number of likely N-dealkylation sites (N-methyl/N-ethyl adjacent to an activating group) is 1. The van der Waals surface area contributed by atoms with E-state index in [0.29, 0.717) is 37.6 Å². The van der Waals surface area contributed by atoms with Crippen molar-refractivity contribution in [3.63, 3.8) is 0 Å². The van der Waals surface area contributed by atoms with E-state index in [0.717, 1.165) is 0 Å². The molecule has 1 aliphatic heterocycles. The van der Waals surface area contributed by atoms with Crippen LogP contribution in [0.4, 0.5) is 11.4 Å². The molecule has 33 heavy (non-hydrogen) atoms. The Hall–Kier alpha value is -3.61. The van der Waals surface area contributed by atoms with Crippen LogP contribution in [0.2, 0.25) is 0 Å². The van der Waals surface area contributed by atoms with Crippen molar-refractivity contribution in [2.45, 2.75) is 4.90 Å². The Kier molecular flexibility index (Phi) is 6.22. The molecule has 11 nitrogen and oxygen atoms in total. The van der Waals surface area contributed by atoms with Gasteiger partial charge in [0.25, 0.3) is 11.6 Å². The van der Waals surface area contributed by atoms with Gasteiger partial charge in [-0.05, 0) is 43.4 Å². The smallest absolute Gasteiger partial charge is 0.276 e. The molecule has 1 amide bonds. The summed E-state index contributed by atoms with van der Waals surface area (Å²) in [5.74, 6) is -0.509. The number of benzene rings is 2. The zero-order valence-electron chi connectivity index (χ0n) is 17.8. The first kappa shape index (κ1) is 22.6. The van der Waals surface area contributed by atoms with Crippen molar-refractivity contribution in [3.05, 3.63) is 76.6 Å². The molecule has 0 radical (unpaired) electrons. The van der Waals surface area contributed by atoms with E-state index in [1.165, 1.54) is 51.5 Å². The average Bonchev–Trinajstić information content (AvgIpc) is 3.30. The number of carbonyl (C=O) groups is 1. The molecule has 0 bridgehead atoms. The number of hydrogen-bond donors (Lipinski definition) is 1. The zero-order valence-corrected chi connectivity index (χ0v) is 18.6. The molecule has 0 atom stereocenters. The van der Waals surface area contributed by atoms with Crippen LogP contribution in [0.1, 0.15) is 10.5 Å². The number of nitrogens with one attached hydrogen (secondary N) is 1. The molecule has 172 valence electrons. The normalized spacial score (nSPS) is 15.3. The predicted molar refractivity (Wildman–Crippen MR) is 121 cm³/mol. The summed E-state index contributed by atoms with van der Waals surface area (Å²) in [6.45, 7) is 2.14. The number of piperazine rings is 1. The van der Waals surface area contributed by atoms with Crippen molar-refractivity contribution in [1.29, 1.82) is 0 Å². The minimum absolute atomic E-state index is 0.0460. The number of rotatable bonds is 6. The van der Waals surface area contributed by atoms with E-state index in [4.69, 9.17) is 0 Å². The van der Waals surface area contributed by atoms with Crippen LogP contribution < -0.4 is 5.32 Å². The highest BCUT2D eigenvalue weighted by Crippen LogP contribution is 2.21. The van der Waals surface area contributed by atoms with Gasteiger partial charge < -0.3 is 10.2 Å². The van der Waals surface area contributed by atoms with Gasteiger partial charge in [-0.3, -0.25) is 14.9 Å². The van der Waals surface area contributed by atoms with Crippen LogP contribution in [-0.2, 0) is 10.0 Å². The van der Waals surface area contributed by atoms with E-state index in [1.54, 1.807) is 18.3 Å². The van der Waals surface area contributed by atoms with Crippen molar-refractivity contribution >= 4 is 27.3 Å². The topological polar surface area (TPSA) is 131 Å². The second kappa shape index (κ2) is 9.10. The van der Waals surface area contributed by atoms with Gasteiger partial charge in [0.2, 0.25) is 10.0 Å². The third-order valence-electron chi connectivity index (χ3n) is 5.34. The average molecular weight is 471 g/mol. The Balaban J connectivity index is 1.48. The Labute approximate surface area is 190 Å². The van der Waals surface area contributed by atoms with Gasteiger partial charge in [0.1, 0.15) is 0 Å². The van der Waals surface area contributed by atoms with Crippen LogP contribution in [0.25, 0.3) is 5.69 Å². The number of anilines is 1. The number of nitrogens with zero attached hydrogens (tertiary/aromatic N) is 5. The van der Waals surface area contributed by atoms with Crippen molar-refractivity contribution in [3.8, 4) is 5.69 Å². The van der Waals surface area contributed by atoms with Gasteiger partial charge in [-0.25, -0.2) is 13.1 Å². The molecule has 0 unspecified atom stereocenters. The summed E-state index contributed by atoms with van der Waals surface area (Å²) in [6.07, 6.45) is 1.56. The lowest BCUT2D eigenvalue weighted by atomic mass is 10.3. The monoisotopic (exact) mass is 470 g/mol. The largest absolute Gasteiger partial charge is 0.321 e. The second-order valence-corrected chi connectivity index (χ2v) is 9.55. The van der Waals surface area contributed by atoms with Gasteiger partial charge in [-0.2, -0.15) is 9.40 Å². The van der Waals surface area contributed by atoms with Gasteiger partial charge in [-0.1, -0.05) is 6.07 Å². The van der Waals surface area contributed by atoms with Crippen LogP contribution >= 0.6 is 0 Å². The molecule has 1 aliphatic rings. The molecule has 2 aromatic carbocycles. The number of sulfonamides is 1. The number of amides is 1. The number of nitro groups is 1. The second-order valence-electron chi connectivity index (χ2n) is 7.61. The van der Waals surface area contributed by atoms with E-state index >= 15 is 0 Å². The van der Waals surface area contributed by atoms with Crippen molar-refractivity contribution < 1.29 is 18.1 Å². The highest BCUT2D eigenvalue weighted by atomic mass is 32.2. The first-order chi connectivity index (χ1) is 15.7. The summed E-state index contributed by atoms with van der Waals surface area (Å²) in [6, 6.07) is 13.4. The molecule has 1 aromatic heterocycles. The quantitative estimate of drug-likeness (QED) is 0.430. The van der Waals surface area contributed by atoms with Gasteiger partial charge >= 0.3 is 0 Å². The molecule has 3 aromatic rings. The molecule has 1 saturated heterocycles. The first-order valence-corrected chi connectivity index (χ1v) is 11.6. The third kappa shape index (κ3) is 4.92. The van der Waals surface area contributed by atoms with Crippen LogP contribution in [0.3, 0.4) is 0 Å². The number of carbonyl (C=O) groups excluding carboxylic acids is 1. The van der Waals surface area contributed by atoms with E-state index in [2.05, 4.69) is 15.3 Å². The molecule has 1 N–H and O–H groups in total. The summed E-state index contributed by atoms with van der Waals surface area (Å²) in [5.41, 5.74) is 0.955. The van der Waals surface area contributed by atoms with Crippen molar-refractivity contribution in [2.24, 2.45) is 0 Å². The molecular weight excluding hydrogens is 448 g/mol. The molecule has 0 aliphatic carbocycles. The minimum atomic E-state index is -3.66. The molecule has 1 fully saturated rings. The van der Waals surface area contributed by atoms with Gasteiger partial charge in [0, 0.05) is 50.2 Å². The van der Waals surface area contributed by atoms with Crippen LogP contribution in [-0.4, -0.2) is 71.5 Å². The maximum Gasteiger partial charge on any atom is 0.276 e. The Morgan fingerprint density at radius 2 is 1.76 bits per heavy atom. The maximum atomic E-state index is 13.0. The summed E-state index contributed by atoms with van der Waals surface area (Å²) >= 11 is 0. The van der Waals surface area contributed by atoms with E-state index < -0.39 is 20.9 Å². The van der Waals surface area contributed by atoms with Crippen LogP contribution in [0, 0.1) is 10.1 Å². The summed E-state index contributed by atoms with van der Waals surface area (Å²) < 4.78 is 28.8. The van der Waals surface area contributed by atoms with Crippen molar-refractivity contribution in [1.82, 2.24) is 19.0 Å². The molecule has 12 heteroatoms. The van der Waals surface area contributed by atoms with E-state index in [9.17, 15) is 23.3 Å². The maximum absolute atomic E-state index is 13.0. The van der Waals surface area contributed by atoms with Gasteiger partial charge in [-0.15, -0.1) is 0 Å². The number of hydrogen-bond acceptors (Lipinski definition) is 7. The lowest BCUT2D eigenvalue weighted by Crippen LogP contribution is -2.47. The third-order valence-corrected chi connectivity index (χ3v) is 7.23. The minimum Gasteiger partial charge on any atom is -0.321 e. The van der Waals surface area contributed by atoms with E-state index in [1.807, 2.05) is 7.05 Å². The number of aromatic nitrogens is 2. The fourth-order valence-corrected chi connectivity index (χ4v) is 4.89. The predicted octanol–water partition coefficient (Wildman–Crippen LogP) is 1.97. The Bertz CT molecular complexity index is 1280. The number of non-ortho nitro benzene ring substituents is 1. The highest BCUT2D eigenvalue weighted by molar-refractivity contribution is 7.89. The fraction of sp³-hybridized carbons (Fsp3) is 0.238. The summed E-state index contributed by atoms with van der Waals surface area (Å²) in [4.78, 5) is 25.1. The summed E-state index contributed by atoms with van der Waals surface area (Å²) in [7, 11) is -1.71. The van der Waals surface area contributed by atoms with Gasteiger partial charge in [0.15, 0.2) is 5.69 Å². The van der Waals surface area contributed by atoms with E-state index in [-0.39, 0.29) is 16.3 Å². The Morgan fingerprint density at radius 3 is 2.42 bits per heavy atom. The zero-order chi connectivity index (χ0) is 23.6. The summed E-state index contributed by atoms with van der Waals surface area (Å²) in [5, 5.41) is 17.7. The SMILES string of the molecule is CN1CCN(S(=O)(=O)c2cccc(NC(=O)c3ccn(-c4ccc([N+](=O)[O-])cc4)n3)c2)CC1. The van der Waals surface area contributed by atoms with Crippen molar-refractivity contribution in [2.75, 3.05) is 38.5 Å². The molecular formula is C21H22N6O5S. The van der Waals surface area contributed by atoms with Crippen LogP contribution in [0.5, 0.6) is 0 Å². The number of nitro benzene ring substituents is 1. The fourth-order valence-electron chi connectivity index (χ4n) is 3.42.